The van der Waals surface area contributed by atoms with Gasteiger partial charge in [0.1, 0.15) is 0 Å². The van der Waals surface area contributed by atoms with Gasteiger partial charge in [0, 0.05) is 6.61 Å². The van der Waals surface area contributed by atoms with Gasteiger partial charge in [0.2, 0.25) is 0 Å². The molecule has 0 fully saturated rings. The smallest absolute Gasteiger partial charge is 0.545 e. The zero-order valence-electron chi connectivity index (χ0n) is 5.60. The van der Waals surface area contributed by atoms with Crippen LogP contribution in [-0.2, 0) is 31.9 Å². The largest absolute Gasteiger partial charge is 1.00 e. The second-order valence-electron chi connectivity index (χ2n) is 1.38. The predicted molar refractivity (Wildman–Crippen MR) is 30.6 cm³/mol. The zero-order valence-corrected chi connectivity index (χ0v) is 7.08. The maximum Gasteiger partial charge on any atom is 1.00 e. The molecule has 0 heterocycles. The molecular formula is C6H9AgO3. The summed E-state index contributed by atoms with van der Waals surface area (Å²) in [5, 5.41) is 9.71. The molecule has 0 aromatic rings. The van der Waals surface area contributed by atoms with Crippen LogP contribution in [0.15, 0.2) is 12.2 Å². The van der Waals surface area contributed by atoms with Gasteiger partial charge in [-0.05, 0) is 13.0 Å². The fourth-order valence-electron chi connectivity index (χ4n) is 0.330. The van der Waals surface area contributed by atoms with Gasteiger partial charge in [-0.25, -0.2) is 0 Å². The number of carboxylic acids is 1. The number of carbonyl (C=O) groups is 1. The Morgan fingerprint density at radius 1 is 1.70 bits per heavy atom. The Labute approximate surface area is 75.6 Å². The van der Waals surface area contributed by atoms with Crippen molar-refractivity contribution >= 4 is 5.97 Å². The molecule has 0 spiro atoms. The van der Waals surface area contributed by atoms with Gasteiger partial charge in [-0.15, -0.1) is 0 Å². The van der Waals surface area contributed by atoms with Gasteiger partial charge in [-0.2, -0.15) is 0 Å². The van der Waals surface area contributed by atoms with Crippen LogP contribution in [0.25, 0.3) is 0 Å². The van der Waals surface area contributed by atoms with Gasteiger partial charge >= 0.3 is 22.4 Å². The number of ether oxygens (including phenoxy) is 1. The summed E-state index contributed by atoms with van der Waals surface area (Å²) >= 11 is 0. The minimum absolute atomic E-state index is 0. The fraction of sp³-hybridized carbons (Fsp3) is 0.500. The van der Waals surface area contributed by atoms with E-state index < -0.39 is 5.97 Å². The first-order chi connectivity index (χ1) is 4.27. The molecule has 0 bridgehead atoms. The third-order valence-corrected chi connectivity index (χ3v) is 0.672. The van der Waals surface area contributed by atoms with Crippen LogP contribution in [0.4, 0.5) is 0 Å². The van der Waals surface area contributed by atoms with Crippen molar-refractivity contribution in [1.82, 2.24) is 0 Å². The first-order valence-electron chi connectivity index (χ1n) is 2.72. The van der Waals surface area contributed by atoms with E-state index in [1.807, 2.05) is 6.92 Å². The number of aliphatic carboxylic acids is 1. The van der Waals surface area contributed by atoms with E-state index in [2.05, 4.69) is 0 Å². The minimum atomic E-state index is -1.19. The average molecular weight is 237 g/mol. The molecule has 0 aromatic heterocycles. The van der Waals surface area contributed by atoms with Crippen LogP contribution in [0.5, 0.6) is 0 Å². The van der Waals surface area contributed by atoms with Crippen LogP contribution >= 0.6 is 0 Å². The molecule has 10 heavy (non-hydrogen) atoms. The average Bonchev–Trinajstić information content (AvgIpc) is 1.80. The Morgan fingerprint density at radius 2 is 2.30 bits per heavy atom. The second-order valence-corrected chi connectivity index (χ2v) is 1.38. The van der Waals surface area contributed by atoms with Crippen molar-refractivity contribution in [2.24, 2.45) is 0 Å². The number of rotatable bonds is 4. The molecule has 0 saturated heterocycles. The summed E-state index contributed by atoms with van der Waals surface area (Å²) in [5.74, 6) is -1.19. The Kier molecular flexibility index (Phi) is 11.2. The summed E-state index contributed by atoms with van der Waals surface area (Å²) in [5.41, 5.74) is 0. The summed E-state index contributed by atoms with van der Waals surface area (Å²) in [6, 6.07) is 0. The predicted octanol–water partition coefficient (Wildman–Crippen LogP) is -0.673. The van der Waals surface area contributed by atoms with E-state index in [0.717, 1.165) is 6.08 Å². The molecular weight excluding hydrogens is 228 g/mol. The number of hydrogen-bond donors (Lipinski definition) is 0. The quantitative estimate of drug-likeness (QED) is 0.370. The molecule has 0 amide bonds. The molecule has 4 heteroatoms. The zero-order chi connectivity index (χ0) is 7.11. The van der Waals surface area contributed by atoms with E-state index in [9.17, 15) is 9.90 Å². The first-order valence-corrected chi connectivity index (χ1v) is 2.72. The van der Waals surface area contributed by atoms with E-state index in [-0.39, 0.29) is 22.4 Å². The topological polar surface area (TPSA) is 49.4 Å². The normalized spacial score (nSPS) is 9.30. The number of carbonyl (C=O) groups excluding carboxylic acids is 1. The van der Waals surface area contributed by atoms with Crippen molar-refractivity contribution in [2.75, 3.05) is 13.2 Å². The molecule has 0 atom stereocenters. The van der Waals surface area contributed by atoms with E-state index in [1.165, 1.54) is 6.08 Å². The van der Waals surface area contributed by atoms with Crippen LogP contribution in [0.3, 0.4) is 0 Å². The fourth-order valence-corrected chi connectivity index (χ4v) is 0.330. The Bertz CT molecular complexity index is 112. The van der Waals surface area contributed by atoms with Gasteiger partial charge < -0.3 is 14.6 Å². The number of carboxylic acid groups (broad SMARTS) is 1. The molecule has 0 unspecified atom stereocenters. The van der Waals surface area contributed by atoms with Crippen molar-refractivity contribution in [3.05, 3.63) is 12.2 Å². The van der Waals surface area contributed by atoms with E-state index in [1.54, 1.807) is 0 Å². The maximum atomic E-state index is 9.71. The third kappa shape index (κ3) is 10.8. The van der Waals surface area contributed by atoms with Crippen LogP contribution in [0, 0.1) is 0 Å². The van der Waals surface area contributed by atoms with Crippen LogP contribution in [0.1, 0.15) is 6.92 Å². The minimum Gasteiger partial charge on any atom is -0.545 e. The van der Waals surface area contributed by atoms with E-state index in [4.69, 9.17) is 4.74 Å². The van der Waals surface area contributed by atoms with Crippen molar-refractivity contribution < 1.29 is 37.0 Å². The SMILES string of the molecule is CCOCC=CC(=O)[O-].[Ag+]. The number of hydrogen-bond acceptors (Lipinski definition) is 3. The molecule has 0 aromatic carbocycles. The van der Waals surface area contributed by atoms with E-state index in [0.29, 0.717) is 13.2 Å². The van der Waals surface area contributed by atoms with Gasteiger partial charge in [0.25, 0.3) is 0 Å². The van der Waals surface area contributed by atoms with Crippen LogP contribution in [0.2, 0.25) is 0 Å². The summed E-state index contributed by atoms with van der Waals surface area (Å²) in [6.45, 7) is 2.77. The molecule has 0 aliphatic rings. The Hall–Kier alpha value is -0.0897. The van der Waals surface area contributed by atoms with Gasteiger partial charge in [-0.1, -0.05) is 6.08 Å². The molecule has 0 aliphatic heterocycles. The van der Waals surface area contributed by atoms with Gasteiger partial charge in [-0.3, -0.25) is 0 Å². The standard InChI is InChI=1S/C6H10O3.Ag/c1-2-9-5-3-4-6(7)8;/h3-4H,2,5H2,1H3,(H,7,8);/q;+1/p-1. The molecule has 0 N–H and O–H groups in total. The van der Waals surface area contributed by atoms with Crippen molar-refractivity contribution in [2.45, 2.75) is 6.92 Å². The van der Waals surface area contributed by atoms with Gasteiger partial charge in [0.05, 0.1) is 12.6 Å². The molecule has 0 radical (unpaired) electrons. The third-order valence-electron chi connectivity index (χ3n) is 0.672. The van der Waals surface area contributed by atoms with E-state index >= 15 is 0 Å². The Morgan fingerprint density at radius 3 is 2.70 bits per heavy atom. The first kappa shape index (κ1) is 12.6. The van der Waals surface area contributed by atoms with Crippen LogP contribution in [-0.4, -0.2) is 19.2 Å². The van der Waals surface area contributed by atoms with Gasteiger partial charge in [0.15, 0.2) is 0 Å². The molecule has 62 valence electrons. The van der Waals surface area contributed by atoms with Crippen molar-refractivity contribution in [3.63, 3.8) is 0 Å². The molecule has 0 saturated carbocycles. The monoisotopic (exact) mass is 236 g/mol. The summed E-state index contributed by atoms with van der Waals surface area (Å²) in [4.78, 5) is 9.71. The summed E-state index contributed by atoms with van der Waals surface area (Å²) < 4.78 is 4.81. The molecule has 0 aliphatic carbocycles. The summed E-state index contributed by atoms with van der Waals surface area (Å²) in [7, 11) is 0. The summed E-state index contributed by atoms with van der Waals surface area (Å²) in [6.07, 6.45) is 2.36. The van der Waals surface area contributed by atoms with Crippen molar-refractivity contribution in [1.29, 1.82) is 0 Å². The Balaban J connectivity index is 0. The molecule has 3 nitrogen and oxygen atoms in total. The molecule has 0 rings (SSSR count). The van der Waals surface area contributed by atoms with Crippen molar-refractivity contribution in [3.8, 4) is 0 Å². The second kappa shape index (κ2) is 8.91. The van der Waals surface area contributed by atoms with Crippen LogP contribution < -0.4 is 5.11 Å². The maximum absolute atomic E-state index is 9.71.